The van der Waals surface area contributed by atoms with Gasteiger partial charge in [-0.3, -0.25) is 0 Å². The average Bonchev–Trinajstić information content (AvgIpc) is 2.98. The molecule has 0 saturated carbocycles. The van der Waals surface area contributed by atoms with E-state index in [1.807, 2.05) is 24.3 Å². The molecule has 3 aliphatic rings. The Bertz CT molecular complexity index is 930. The van der Waals surface area contributed by atoms with E-state index >= 15 is 0 Å². The van der Waals surface area contributed by atoms with Crippen LogP contribution in [0, 0.1) is 0 Å². The maximum absolute atomic E-state index is 14.4. The number of anilines is 1. The van der Waals surface area contributed by atoms with Gasteiger partial charge >= 0.3 is 0 Å². The molecule has 0 bridgehead atoms. The Morgan fingerprint density at radius 2 is 1.89 bits per heavy atom. The zero-order chi connectivity index (χ0) is 19.7. The number of hydrogen-bond acceptors (Lipinski definition) is 5. The van der Waals surface area contributed by atoms with E-state index in [1.165, 1.54) is 0 Å². The van der Waals surface area contributed by atoms with E-state index in [1.54, 1.807) is 11.8 Å². The third-order valence-electron chi connectivity index (χ3n) is 6.13. The first-order valence-electron chi connectivity index (χ1n) is 9.46. The Morgan fingerprint density at radius 3 is 2.46 bits per heavy atom. The number of fused-ring (bicyclic) bond motifs is 1. The lowest BCUT2D eigenvalue weighted by Crippen LogP contribution is -2.57. The molecule has 28 heavy (non-hydrogen) atoms. The summed E-state index contributed by atoms with van der Waals surface area (Å²) in [6, 6.07) is 7.07. The van der Waals surface area contributed by atoms with Crippen LogP contribution in [0.2, 0.25) is 0 Å². The van der Waals surface area contributed by atoms with Crippen LogP contribution < -0.4 is 10.6 Å². The van der Waals surface area contributed by atoms with E-state index in [9.17, 15) is 13.2 Å². The standard InChI is InChI=1S/C20H21F3N4O/c1-11-15(21)8-27(11)18-25-16(14-6-7-20(22,23)17(14)26-18)12-2-4-13(5-3-12)19(24)9-28-10-19/h2-5,11,15H,6-10,24H2,1H3/t11-,15-/m1/s1. The van der Waals surface area contributed by atoms with E-state index in [0.717, 1.165) is 11.1 Å². The molecule has 2 aliphatic heterocycles. The first-order valence-corrected chi connectivity index (χ1v) is 9.46. The largest absolute Gasteiger partial charge is 0.377 e. The summed E-state index contributed by atoms with van der Waals surface area (Å²) in [6.45, 7) is 2.75. The van der Waals surface area contributed by atoms with Crippen molar-refractivity contribution in [3.8, 4) is 11.3 Å². The summed E-state index contributed by atoms with van der Waals surface area (Å²) in [6.07, 6.45) is -1.06. The third kappa shape index (κ3) is 2.54. The fraction of sp³-hybridized carbons (Fsp3) is 0.500. The van der Waals surface area contributed by atoms with Crippen molar-refractivity contribution in [2.45, 2.75) is 43.4 Å². The van der Waals surface area contributed by atoms with Crippen LogP contribution in [-0.4, -0.2) is 41.9 Å². The highest BCUT2D eigenvalue weighted by Crippen LogP contribution is 2.45. The average molecular weight is 390 g/mol. The number of rotatable bonds is 3. The zero-order valence-corrected chi connectivity index (χ0v) is 15.5. The first-order chi connectivity index (χ1) is 13.3. The second-order valence-electron chi connectivity index (χ2n) is 8.04. The quantitative estimate of drug-likeness (QED) is 0.873. The minimum absolute atomic E-state index is 0.125. The molecular formula is C20H21F3N4O. The third-order valence-corrected chi connectivity index (χ3v) is 6.13. The minimum Gasteiger partial charge on any atom is -0.377 e. The Morgan fingerprint density at radius 1 is 1.18 bits per heavy atom. The molecule has 0 spiro atoms. The number of nitrogens with two attached hydrogens (primary N) is 1. The van der Waals surface area contributed by atoms with Gasteiger partial charge in [0.2, 0.25) is 5.95 Å². The van der Waals surface area contributed by atoms with Crippen molar-refractivity contribution < 1.29 is 17.9 Å². The van der Waals surface area contributed by atoms with E-state index < -0.39 is 23.7 Å². The number of nitrogens with zero attached hydrogens (tertiary/aromatic N) is 3. The first kappa shape index (κ1) is 17.9. The van der Waals surface area contributed by atoms with Gasteiger partial charge in [-0.15, -0.1) is 0 Å². The van der Waals surface area contributed by atoms with Gasteiger partial charge in [-0.2, -0.15) is 8.78 Å². The van der Waals surface area contributed by atoms with E-state index in [2.05, 4.69) is 9.97 Å². The molecular weight excluding hydrogens is 369 g/mol. The van der Waals surface area contributed by atoms with Crippen molar-refractivity contribution in [3.63, 3.8) is 0 Å². The molecule has 2 saturated heterocycles. The number of ether oxygens (including phenoxy) is 1. The lowest BCUT2D eigenvalue weighted by Gasteiger charge is -2.42. The highest BCUT2D eigenvalue weighted by molar-refractivity contribution is 5.68. The van der Waals surface area contributed by atoms with E-state index in [0.29, 0.717) is 24.5 Å². The van der Waals surface area contributed by atoms with Gasteiger partial charge in [-0.1, -0.05) is 24.3 Å². The minimum atomic E-state index is -2.99. The molecule has 3 heterocycles. The van der Waals surface area contributed by atoms with E-state index in [-0.39, 0.29) is 31.0 Å². The van der Waals surface area contributed by atoms with Gasteiger partial charge in [0.15, 0.2) is 0 Å². The van der Waals surface area contributed by atoms with Crippen LogP contribution in [0.5, 0.6) is 0 Å². The van der Waals surface area contributed by atoms with Crippen LogP contribution in [0.15, 0.2) is 24.3 Å². The molecule has 5 rings (SSSR count). The monoisotopic (exact) mass is 390 g/mol. The predicted octanol–water partition coefficient (Wildman–Crippen LogP) is 2.91. The van der Waals surface area contributed by atoms with E-state index in [4.69, 9.17) is 10.5 Å². The zero-order valence-electron chi connectivity index (χ0n) is 15.5. The molecule has 2 aromatic rings. The number of hydrogen-bond donors (Lipinski definition) is 1. The number of aromatic nitrogens is 2. The van der Waals surface area contributed by atoms with Crippen molar-refractivity contribution in [2.24, 2.45) is 5.73 Å². The Labute approximate surface area is 160 Å². The van der Waals surface area contributed by atoms with Crippen molar-refractivity contribution in [2.75, 3.05) is 24.7 Å². The van der Waals surface area contributed by atoms with Gasteiger partial charge in [0.1, 0.15) is 11.9 Å². The lowest BCUT2D eigenvalue weighted by molar-refractivity contribution is -0.0569. The summed E-state index contributed by atoms with van der Waals surface area (Å²) >= 11 is 0. The summed E-state index contributed by atoms with van der Waals surface area (Å²) < 4.78 is 47.7. The molecule has 0 unspecified atom stereocenters. The van der Waals surface area contributed by atoms with Crippen molar-refractivity contribution in [1.29, 1.82) is 0 Å². The Hall–Kier alpha value is -2.19. The van der Waals surface area contributed by atoms with Gasteiger partial charge in [0, 0.05) is 17.5 Å². The number of halogens is 3. The van der Waals surface area contributed by atoms with Crippen LogP contribution >= 0.6 is 0 Å². The maximum atomic E-state index is 14.4. The topological polar surface area (TPSA) is 64.3 Å². The summed E-state index contributed by atoms with van der Waals surface area (Å²) in [7, 11) is 0. The molecule has 2 atom stereocenters. The molecule has 148 valence electrons. The molecule has 2 N–H and O–H groups in total. The fourth-order valence-electron chi connectivity index (χ4n) is 4.06. The lowest BCUT2D eigenvalue weighted by atomic mass is 9.88. The van der Waals surface area contributed by atoms with Crippen molar-refractivity contribution in [3.05, 3.63) is 41.1 Å². The van der Waals surface area contributed by atoms with Crippen LogP contribution in [0.1, 0.15) is 30.2 Å². The van der Waals surface area contributed by atoms with Crippen LogP contribution in [-0.2, 0) is 22.6 Å². The van der Waals surface area contributed by atoms with Gasteiger partial charge in [0.25, 0.3) is 5.92 Å². The smallest absolute Gasteiger partial charge is 0.290 e. The molecule has 8 heteroatoms. The van der Waals surface area contributed by atoms with Gasteiger partial charge in [0.05, 0.1) is 37.0 Å². The Kier molecular flexibility index (Phi) is 3.77. The fourth-order valence-corrected chi connectivity index (χ4v) is 4.06. The summed E-state index contributed by atoms with van der Waals surface area (Å²) in [5, 5.41) is 0. The second-order valence-corrected chi connectivity index (χ2v) is 8.04. The van der Waals surface area contributed by atoms with Gasteiger partial charge in [-0.05, 0) is 18.9 Å². The van der Waals surface area contributed by atoms with Crippen LogP contribution in [0.3, 0.4) is 0 Å². The molecule has 1 aromatic carbocycles. The number of benzene rings is 1. The molecule has 1 aromatic heterocycles. The number of alkyl halides is 3. The molecule has 1 aliphatic carbocycles. The normalized spacial score (nSPS) is 27.1. The molecule has 0 radical (unpaired) electrons. The van der Waals surface area contributed by atoms with Crippen molar-refractivity contribution >= 4 is 5.95 Å². The van der Waals surface area contributed by atoms with Gasteiger partial charge in [-0.25, -0.2) is 14.4 Å². The molecule has 2 fully saturated rings. The SMILES string of the molecule is C[C@@H]1[C@H](F)CN1c1nc(-c2ccc(C3(N)COC3)cc2)c2c(n1)C(F)(F)CC2. The summed E-state index contributed by atoms with van der Waals surface area (Å²) in [4.78, 5) is 10.3. The predicted molar refractivity (Wildman–Crippen MR) is 98.1 cm³/mol. The maximum Gasteiger partial charge on any atom is 0.290 e. The van der Waals surface area contributed by atoms with Crippen molar-refractivity contribution in [1.82, 2.24) is 9.97 Å². The summed E-state index contributed by atoms with van der Waals surface area (Å²) in [5.74, 6) is -2.82. The van der Waals surface area contributed by atoms with Crippen LogP contribution in [0.25, 0.3) is 11.3 Å². The van der Waals surface area contributed by atoms with Gasteiger partial charge < -0.3 is 15.4 Å². The molecule has 5 nitrogen and oxygen atoms in total. The molecule has 0 amide bonds. The highest BCUT2D eigenvalue weighted by Gasteiger charge is 2.45. The van der Waals surface area contributed by atoms with Crippen LogP contribution in [0.4, 0.5) is 19.1 Å². The highest BCUT2D eigenvalue weighted by atomic mass is 19.3. The second kappa shape index (κ2) is 5.90. The summed E-state index contributed by atoms with van der Waals surface area (Å²) in [5.41, 5.74) is 8.18. The Balaban J connectivity index is 1.58.